The van der Waals surface area contributed by atoms with Crippen LogP contribution in [-0.4, -0.2) is 46.5 Å². The maximum absolute atomic E-state index is 12.3. The van der Waals surface area contributed by atoms with Gasteiger partial charge < -0.3 is 14.7 Å². The summed E-state index contributed by atoms with van der Waals surface area (Å²) in [5, 5.41) is 19.7. The number of carbonyl (C=O) groups excluding carboxylic acids is 1. The molecule has 1 saturated heterocycles. The van der Waals surface area contributed by atoms with Crippen LogP contribution in [0.5, 0.6) is 5.75 Å². The van der Waals surface area contributed by atoms with Gasteiger partial charge in [-0.1, -0.05) is 12.1 Å². The summed E-state index contributed by atoms with van der Waals surface area (Å²) < 4.78 is 5.40. The molecule has 1 atom stereocenters. The van der Waals surface area contributed by atoms with E-state index in [1.165, 1.54) is 12.1 Å². The van der Waals surface area contributed by atoms with Crippen molar-refractivity contribution >= 4 is 17.6 Å². The number of piperidine rings is 1. The van der Waals surface area contributed by atoms with Crippen molar-refractivity contribution in [2.24, 2.45) is 5.92 Å². The van der Waals surface area contributed by atoms with Crippen molar-refractivity contribution in [2.45, 2.75) is 32.1 Å². The van der Waals surface area contributed by atoms with E-state index in [0.717, 1.165) is 12.8 Å². The minimum absolute atomic E-state index is 0.0694. The first kappa shape index (κ1) is 18.7. The van der Waals surface area contributed by atoms with E-state index in [1.54, 1.807) is 17.0 Å². The van der Waals surface area contributed by atoms with Crippen molar-refractivity contribution in [3.05, 3.63) is 34.4 Å². The molecule has 1 aliphatic heterocycles. The molecule has 1 amide bonds. The largest absolute Gasteiger partial charge is 0.486 e. The Morgan fingerprint density at radius 1 is 1.32 bits per heavy atom. The number of nitro groups is 1. The van der Waals surface area contributed by atoms with Gasteiger partial charge in [0.05, 0.1) is 18.0 Å². The van der Waals surface area contributed by atoms with Gasteiger partial charge in [-0.05, 0) is 31.2 Å². The Bertz CT molecular complexity index is 633. The van der Waals surface area contributed by atoms with Crippen LogP contribution in [0.1, 0.15) is 32.1 Å². The van der Waals surface area contributed by atoms with Gasteiger partial charge in [0.1, 0.15) is 0 Å². The van der Waals surface area contributed by atoms with E-state index in [9.17, 15) is 19.7 Å². The van der Waals surface area contributed by atoms with Crippen molar-refractivity contribution in [1.29, 1.82) is 0 Å². The Morgan fingerprint density at radius 2 is 2.08 bits per heavy atom. The Hall–Kier alpha value is -2.64. The maximum atomic E-state index is 12.3. The molecule has 1 fully saturated rings. The summed E-state index contributed by atoms with van der Waals surface area (Å²) in [5.74, 6) is -0.525. The third-order valence-corrected chi connectivity index (χ3v) is 4.27. The first-order valence-electron chi connectivity index (χ1n) is 8.33. The Kier molecular flexibility index (Phi) is 6.73. The minimum atomic E-state index is -0.818. The number of carboxylic acids is 1. The quantitative estimate of drug-likeness (QED) is 0.569. The lowest BCUT2D eigenvalue weighted by atomic mass is 9.93. The maximum Gasteiger partial charge on any atom is 0.310 e. The predicted octanol–water partition coefficient (Wildman–Crippen LogP) is 2.47. The molecule has 0 radical (unpaired) electrons. The monoisotopic (exact) mass is 350 g/mol. The average Bonchev–Trinajstić information content (AvgIpc) is 2.60. The van der Waals surface area contributed by atoms with Crippen LogP contribution in [0.4, 0.5) is 5.69 Å². The molecule has 8 nitrogen and oxygen atoms in total. The van der Waals surface area contributed by atoms with Crippen LogP contribution in [0.3, 0.4) is 0 Å². The van der Waals surface area contributed by atoms with Gasteiger partial charge in [0, 0.05) is 25.6 Å². The molecular formula is C17H22N2O6. The fourth-order valence-corrected chi connectivity index (χ4v) is 2.99. The second-order valence-electron chi connectivity index (χ2n) is 6.10. The zero-order chi connectivity index (χ0) is 18.2. The lowest BCUT2D eigenvalue weighted by molar-refractivity contribution is -0.385. The first-order valence-corrected chi connectivity index (χ1v) is 8.33. The summed E-state index contributed by atoms with van der Waals surface area (Å²) >= 11 is 0. The molecule has 136 valence electrons. The number of carbonyl (C=O) groups is 2. The van der Waals surface area contributed by atoms with E-state index in [-0.39, 0.29) is 42.7 Å². The van der Waals surface area contributed by atoms with E-state index in [0.29, 0.717) is 19.5 Å². The zero-order valence-corrected chi connectivity index (χ0v) is 13.9. The third kappa shape index (κ3) is 5.74. The highest BCUT2D eigenvalue weighted by molar-refractivity contribution is 5.76. The highest BCUT2D eigenvalue weighted by Gasteiger charge is 2.24. The van der Waals surface area contributed by atoms with Crippen molar-refractivity contribution in [2.75, 3.05) is 19.7 Å². The number of amides is 1. The number of carboxylic acid groups (broad SMARTS) is 1. The van der Waals surface area contributed by atoms with Crippen LogP contribution in [0, 0.1) is 16.0 Å². The van der Waals surface area contributed by atoms with Gasteiger partial charge in [-0.2, -0.15) is 0 Å². The molecule has 0 bridgehead atoms. The average molecular weight is 350 g/mol. The minimum Gasteiger partial charge on any atom is -0.486 e. The van der Waals surface area contributed by atoms with E-state index >= 15 is 0 Å². The lowest BCUT2D eigenvalue weighted by Gasteiger charge is -2.32. The van der Waals surface area contributed by atoms with Gasteiger partial charge >= 0.3 is 11.7 Å². The first-order chi connectivity index (χ1) is 12.0. The molecule has 1 aliphatic rings. The SMILES string of the molecule is O=C(O)CCC1CCCN(C(=O)CCOc2ccccc2[N+](=O)[O-])C1. The number of aliphatic carboxylic acids is 1. The number of rotatable bonds is 8. The number of nitrogens with zero attached hydrogens (tertiary/aromatic N) is 2. The fourth-order valence-electron chi connectivity index (χ4n) is 2.99. The number of hydrogen-bond donors (Lipinski definition) is 1. The third-order valence-electron chi connectivity index (χ3n) is 4.27. The molecule has 0 aromatic heterocycles. The second-order valence-corrected chi connectivity index (χ2v) is 6.10. The standard InChI is InChI=1S/C17H22N2O6/c20-16(18-10-3-4-13(12-18)7-8-17(21)22)9-11-25-15-6-2-1-5-14(15)19(23)24/h1-2,5-6,13H,3-4,7-12H2,(H,21,22). The molecular weight excluding hydrogens is 328 g/mol. The molecule has 2 rings (SSSR count). The zero-order valence-electron chi connectivity index (χ0n) is 13.9. The second kappa shape index (κ2) is 9.00. The van der Waals surface area contributed by atoms with E-state index in [1.807, 2.05) is 0 Å². The van der Waals surface area contributed by atoms with Crippen LogP contribution in [-0.2, 0) is 9.59 Å². The molecule has 0 aliphatic carbocycles. The molecule has 25 heavy (non-hydrogen) atoms. The number of nitro benzene ring substituents is 1. The smallest absolute Gasteiger partial charge is 0.310 e. The van der Waals surface area contributed by atoms with Gasteiger partial charge in [0.25, 0.3) is 0 Å². The van der Waals surface area contributed by atoms with Gasteiger partial charge in [0.15, 0.2) is 5.75 Å². The topological polar surface area (TPSA) is 110 Å². The summed E-state index contributed by atoms with van der Waals surface area (Å²) in [5.41, 5.74) is -0.123. The van der Waals surface area contributed by atoms with Crippen molar-refractivity contribution in [3.63, 3.8) is 0 Å². The number of benzene rings is 1. The summed E-state index contributed by atoms with van der Waals surface area (Å²) in [6, 6.07) is 6.06. The number of likely N-dealkylation sites (tertiary alicyclic amines) is 1. The van der Waals surface area contributed by atoms with Crippen LogP contribution < -0.4 is 4.74 Å². The van der Waals surface area contributed by atoms with Crippen LogP contribution in [0.25, 0.3) is 0 Å². The van der Waals surface area contributed by atoms with Crippen LogP contribution in [0.15, 0.2) is 24.3 Å². The van der Waals surface area contributed by atoms with Crippen molar-refractivity contribution in [3.8, 4) is 5.75 Å². The predicted molar refractivity (Wildman–Crippen MR) is 89.4 cm³/mol. The van der Waals surface area contributed by atoms with Gasteiger partial charge in [0.2, 0.25) is 5.91 Å². The van der Waals surface area contributed by atoms with E-state index in [2.05, 4.69) is 0 Å². The van der Waals surface area contributed by atoms with E-state index in [4.69, 9.17) is 9.84 Å². The molecule has 0 spiro atoms. The molecule has 1 N–H and O–H groups in total. The van der Waals surface area contributed by atoms with Crippen molar-refractivity contribution in [1.82, 2.24) is 4.90 Å². The lowest BCUT2D eigenvalue weighted by Crippen LogP contribution is -2.40. The van der Waals surface area contributed by atoms with Crippen LogP contribution in [0.2, 0.25) is 0 Å². The molecule has 8 heteroatoms. The Balaban J connectivity index is 1.80. The Morgan fingerprint density at radius 3 is 2.80 bits per heavy atom. The summed E-state index contributed by atoms with van der Waals surface area (Å²) in [4.78, 5) is 35.1. The number of ether oxygens (including phenoxy) is 1. The Labute approximate surface area is 145 Å². The molecule has 1 aromatic carbocycles. The number of hydrogen-bond acceptors (Lipinski definition) is 5. The number of para-hydroxylation sites is 2. The van der Waals surface area contributed by atoms with E-state index < -0.39 is 10.9 Å². The highest BCUT2D eigenvalue weighted by Crippen LogP contribution is 2.26. The van der Waals surface area contributed by atoms with Gasteiger partial charge in [-0.3, -0.25) is 19.7 Å². The fraction of sp³-hybridized carbons (Fsp3) is 0.529. The van der Waals surface area contributed by atoms with Gasteiger partial charge in [-0.15, -0.1) is 0 Å². The summed E-state index contributed by atoms with van der Waals surface area (Å²) in [6.07, 6.45) is 2.63. The van der Waals surface area contributed by atoms with Crippen molar-refractivity contribution < 1.29 is 24.4 Å². The molecule has 1 unspecified atom stereocenters. The summed E-state index contributed by atoms with van der Waals surface area (Å²) in [6.45, 7) is 1.30. The molecule has 0 saturated carbocycles. The van der Waals surface area contributed by atoms with Gasteiger partial charge in [-0.25, -0.2) is 0 Å². The highest BCUT2D eigenvalue weighted by atomic mass is 16.6. The molecule has 1 heterocycles. The summed E-state index contributed by atoms with van der Waals surface area (Å²) in [7, 11) is 0. The van der Waals surface area contributed by atoms with Crippen LogP contribution >= 0.6 is 0 Å². The normalized spacial score (nSPS) is 17.1. The molecule has 1 aromatic rings.